The van der Waals surface area contributed by atoms with E-state index in [1.54, 1.807) is 14.2 Å². The first-order valence-corrected chi connectivity index (χ1v) is 12.5. The molecular formula is C26H31N3O5S. The molecule has 0 spiro atoms. The van der Waals surface area contributed by atoms with Crippen LogP contribution in [0.15, 0.2) is 53.9 Å². The normalized spacial score (nSPS) is 13.9. The Morgan fingerprint density at radius 1 is 1.06 bits per heavy atom. The van der Waals surface area contributed by atoms with Crippen LogP contribution in [0, 0.1) is 0 Å². The number of morpholine rings is 1. The van der Waals surface area contributed by atoms with Crippen LogP contribution in [-0.4, -0.2) is 74.3 Å². The van der Waals surface area contributed by atoms with E-state index in [4.69, 9.17) is 23.9 Å². The number of ether oxygens (including phenoxy) is 4. The zero-order chi connectivity index (χ0) is 24.5. The number of amides is 1. The maximum absolute atomic E-state index is 13.3. The largest absolute Gasteiger partial charge is 0.493 e. The number of benzene rings is 2. The van der Waals surface area contributed by atoms with Crippen molar-refractivity contribution in [3.05, 3.63) is 70.2 Å². The molecule has 35 heavy (non-hydrogen) atoms. The van der Waals surface area contributed by atoms with E-state index in [2.05, 4.69) is 4.90 Å². The highest BCUT2D eigenvalue weighted by molar-refractivity contribution is 7.09. The van der Waals surface area contributed by atoms with Crippen LogP contribution in [0.1, 0.15) is 21.1 Å². The van der Waals surface area contributed by atoms with Crippen LogP contribution in [-0.2, 0) is 17.9 Å². The topological polar surface area (TPSA) is 73.4 Å². The van der Waals surface area contributed by atoms with Gasteiger partial charge in [-0.1, -0.05) is 24.3 Å². The fourth-order valence-electron chi connectivity index (χ4n) is 3.88. The molecule has 3 aromatic rings. The molecule has 0 unspecified atom stereocenters. The molecule has 2 aromatic carbocycles. The summed E-state index contributed by atoms with van der Waals surface area (Å²) in [6, 6.07) is 14.9. The molecule has 0 aliphatic carbocycles. The standard InChI is InChI=1S/C26H31N3O5S/c1-31-22-9-6-10-23(32-2)25(22)34-18-24-27-21(19-35-24)17-29(12-11-28-13-15-33-16-14-28)26(30)20-7-4-3-5-8-20/h3-10,19H,11-18H2,1-2H3. The maximum atomic E-state index is 13.3. The van der Waals surface area contributed by atoms with E-state index in [9.17, 15) is 4.79 Å². The Hall–Kier alpha value is -3.14. The smallest absolute Gasteiger partial charge is 0.254 e. The van der Waals surface area contributed by atoms with E-state index >= 15 is 0 Å². The van der Waals surface area contributed by atoms with Crippen molar-refractivity contribution in [1.82, 2.24) is 14.8 Å². The molecule has 4 rings (SSSR count). The van der Waals surface area contributed by atoms with Crippen molar-refractivity contribution < 1.29 is 23.7 Å². The van der Waals surface area contributed by atoms with E-state index in [1.165, 1.54) is 11.3 Å². The van der Waals surface area contributed by atoms with Gasteiger partial charge in [-0.25, -0.2) is 4.98 Å². The Bertz CT molecular complexity index is 1060. The zero-order valence-corrected chi connectivity index (χ0v) is 21.0. The molecule has 1 amide bonds. The lowest BCUT2D eigenvalue weighted by molar-refractivity contribution is 0.0319. The summed E-state index contributed by atoms with van der Waals surface area (Å²) in [4.78, 5) is 22.2. The molecule has 0 saturated carbocycles. The van der Waals surface area contributed by atoms with Crippen LogP contribution >= 0.6 is 11.3 Å². The van der Waals surface area contributed by atoms with Gasteiger partial charge < -0.3 is 23.8 Å². The van der Waals surface area contributed by atoms with Gasteiger partial charge in [-0.15, -0.1) is 11.3 Å². The van der Waals surface area contributed by atoms with Gasteiger partial charge in [-0.3, -0.25) is 9.69 Å². The van der Waals surface area contributed by atoms with Crippen LogP contribution in [0.5, 0.6) is 17.2 Å². The first kappa shape index (κ1) is 25.0. The van der Waals surface area contributed by atoms with E-state index in [0.717, 1.165) is 43.5 Å². The minimum atomic E-state index is 0.00316. The number of hydrogen-bond acceptors (Lipinski definition) is 8. The second kappa shape index (κ2) is 12.5. The highest BCUT2D eigenvalue weighted by Crippen LogP contribution is 2.37. The first-order chi connectivity index (χ1) is 17.2. The van der Waals surface area contributed by atoms with Gasteiger partial charge in [0.2, 0.25) is 5.75 Å². The fraction of sp³-hybridized carbons (Fsp3) is 0.385. The Morgan fingerprint density at radius 2 is 1.77 bits per heavy atom. The molecule has 1 aliphatic rings. The second-order valence-electron chi connectivity index (χ2n) is 8.06. The second-order valence-corrected chi connectivity index (χ2v) is 9.00. The van der Waals surface area contributed by atoms with Crippen LogP contribution in [0.3, 0.4) is 0 Å². The van der Waals surface area contributed by atoms with Crippen LogP contribution in [0.2, 0.25) is 0 Å². The summed E-state index contributed by atoms with van der Waals surface area (Å²) in [6.07, 6.45) is 0. The van der Waals surface area contributed by atoms with Crippen molar-refractivity contribution in [2.75, 3.05) is 53.6 Å². The molecular weight excluding hydrogens is 466 g/mol. The van der Waals surface area contributed by atoms with Crippen molar-refractivity contribution in [1.29, 1.82) is 0 Å². The van der Waals surface area contributed by atoms with Crippen LogP contribution < -0.4 is 14.2 Å². The first-order valence-electron chi connectivity index (χ1n) is 11.6. The van der Waals surface area contributed by atoms with Gasteiger partial charge in [0.15, 0.2) is 11.5 Å². The quantitative estimate of drug-likeness (QED) is 0.400. The molecule has 9 heteroatoms. The van der Waals surface area contributed by atoms with Gasteiger partial charge in [0.05, 0.1) is 39.7 Å². The number of para-hydroxylation sites is 1. The van der Waals surface area contributed by atoms with Crippen molar-refractivity contribution in [3.8, 4) is 17.2 Å². The molecule has 1 saturated heterocycles. The minimum Gasteiger partial charge on any atom is -0.493 e. The minimum absolute atomic E-state index is 0.00316. The summed E-state index contributed by atoms with van der Waals surface area (Å²) in [5, 5.41) is 2.80. The lowest BCUT2D eigenvalue weighted by Gasteiger charge is -2.30. The number of thiazole rings is 1. The summed E-state index contributed by atoms with van der Waals surface area (Å²) >= 11 is 1.51. The number of hydrogen-bond donors (Lipinski definition) is 0. The summed E-state index contributed by atoms with van der Waals surface area (Å²) < 4.78 is 22.2. The van der Waals surface area contributed by atoms with E-state index in [-0.39, 0.29) is 12.5 Å². The third-order valence-electron chi connectivity index (χ3n) is 5.77. The number of carbonyl (C=O) groups excluding carboxylic acids is 1. The zero-order valence-electron chi connectivity index (χ0n) is 20.1. The van der Waals surface area contributed by atoms with Gasteiger partial charge >= 0.3 is 0 Å². The molecule has 8 nitrogen and oxygen atoms in total. The highest BCUT2D eigenvalue weighted by atomic mass is 32.1. The molecule has 2 heterocycles. The molecule has 0 N–H and O–H groups in total. The Kier molecular flexibility index (Phi) is 8.94. The molecule has 1 aromatic heterocycles. The van der Waals surface area contributed by atoms with Crippen molar-refractivity contribution in [3.63, 3.8) is 0 Å². The number of methoxy groups -OCH3 is 2. The molecule has 0 bridgehead atoms. The summed E-state index contributed by atoms with van der Waals surface area (Å²) in [7, 11) is 3.19. The number of nitrogens with zero attached hydrogens (tertiary/aromatic N) is 3. The SMILES string of the molecule is COc1cccc(OC)c1OCc1nc(CN(CCN2CCOCC2)C(=O)c2ccccc2)cs1. The monoisotopic (exact) mass is 497 g/mol. The van der Waals surface area contributed by atoms with E-state index in [0.29, 0.717) is 35.9 Å². The van der Waals surface area contributed by atoms with Crippen LogP contribution in [0.4, 0.5) is 0 Å². The summed E-state index contributed by atoms with van der Waals surface area (Å²) in [5.41, 5.74) is 1.52. The van der Waals surface area contributed by atoms with Gasteiger partial charge in [0, 0.05) is 37.1 Å². The van der Waals surface area contributed by atoms with Gasteiger partial charge in [-0.05, 0) is 24.3 Å². The maximum Gasteiger partial charge on any atom is 0.254 e. The third-order valence-corrected chi connectivity index (χ3v) is 6.64. The number of aromatic nitrogens is 1. The Morgan fingerprint density at radius 3 is 2.46 bits per heavy atom. The van der Waals surface area contributed by atoms with Gasteiger partial charge in [-0.2, -0.15) is 0 Å². The Balaban J connectivity index is 1.43. The third kappa shape index (κ3) is 6.72. The van der Waals surface area contributed by atoms with Gasteiger partial charge in [0.25, 0.3) is 5.91 Å². The average molecular weight is 498 g/mol. The molecule has 1 fully saturated rings. The number of carbonyl (C=O) groups is 1. The molecule has 1 aliphatic heterocycles. The van der Waals surface area contributed by atoms with Crippen molar-refractivity contribution in [2.24, 2.45) is 0 Å². The predicted molar refractivity (Wildman–Crippen MR) is 134 cm³/mol. The van der Waals surface area contributed by atoms with Crippen molar-refractivity contribution >= 4 is 17.2 Å². The molecule has 186 valence electrons. The lowest BCUT2D eigenvalue weighted by atomic mass is 10.2. The molecule has 0 atom stereocenters. The lowest BCUT2D eigenvalue weighted by Crippen LogP contribution is -2.43. The van der Waals surface area contributed by atoms with Crippen molar-refractivity contribution in [2.45, 2.75) is 13.2 Å². The van der Waals surface area contributed by atoms with E-state index in [1.807, 2.05) is 58.8 Å². The summed E-state index contributed by atoms with van der Waals surface area (Å²) in [5.74, 6) is 1.75. The van der Waals surface area contributed by atoms with Gasteiger partial charge in [0.1, 0.15) is 11.6 Å². The van der Waals surface area contributed by atoms with E-state index < -0.39 is 0 Å². The highest BCUT2D eigenvalue weighted by Gasteiger charge is 2.20. The Labute approximate surface area is 210 Å². The average Bonchev–Trinajstić information content (AvgIpc) is 3.37. The predicted octanol–water partition coefficient (Wildman–Crippen LogP) is 3.71. The summed E-state index contributed by atoms with van der Waals surface area (Å²) in [6.45, 7) is 5.38. The number of rotatable bonds is 11. The van der Waals surface area contributed by atoms with Crippen LogP contribution in [0.25, 0.3) is 0 Å². The molecule has 0 radical (unpaired) electrons. The fourth-order valence-corrected chi connectivity index (χ4v) is 4.58.